The minimum atomic E-state index is -1.52. The number of benzene rings is 1. The summed E-state index contributed by atoms with van der Waals surface area (Å²) in [6.07, 6.45) is 3.56. The first-order valence-electron chi connectivity index (χ1n) is 4.41. The Balaban J connectivity index is 2.96. The second-order valence-corrected chi connectivity index (χ2v) is 3.62. The van der Waals surface area contributed by atoms with Gasteiger partial charge in [0, 0.05) is 0 Å². The molecule has 0 spiro atoms. The van der Waals surface area contributed by atoms with E-state index in [9.17, 15) is 0 Å². The molecule has 5 nitrogen and oxygen atoms in total. The van der Waals surface area contributed by atoms with Crippen LogP contribution in [0.2, 0.25) is 0 Å². The van der Waals surface area contributed by atoms with Crippen LogP contribution in [0, 0.1) is 11.5 Å². The minimum Gasteiger partial charge on any atom is -0.423 e. The van der Waals surface area contributed by atoms with Gasteiger partial charge < -0.3 is 10.0 Å². The van der Waals surface area contributed by atoms with Crippen molar-refractivity contribution in [2.75, 3.05) is 6.26 Å². The van der Waals surface area contributed by atoms with Crippen LogP contribution in [0.1, 0.15) is 0 Å². The van der Waals surface area contributed by atoms with Crippen LogP contribution in [0.5, 0.6) is 0 Å². The average molecular weight is 235 g/mol. The summed E-state index contributed by atoms with van der Waals surface area (Å²) in [5, 5.41) is 29.3. The van der Waals surface area contributed by atoms with Crippen LogP contribution in [-0.2, 0) is 0 Å². The number of amidine groups is 1. The van der Waals surface area contributed by atoms with Crippen LogP contribution >= 0.6 is 11.8 Å². The van der Waals surface area contributed by atoms with Crippen molar-refractivity contribution >= 4 is 35.2 Å². The number of thioether (sulfide) groups is 1. The fourth-order valence-electron chi connectivity index (χ4n) is 1.04. The Kier molecular flexibility index (Phi) is 4.86. The molecule has 0 saturated heterocycles. The standard InChI is InChI=1S/C9H10BN3O2S/c1-16-9(12-6-11)13-8-4-2-3-7(5-8)10(14)15/h2-5,14-15H,1H3,(H,12,13). The summed E-state index contributed by atoms with van der Waals surface area (Å²) in [6, 6.07) is 6.50. The third kappa shape index (κ3) is 3.58. The Morgan fingerprint density at radius 3 is 2.88 bits per heavy atom. The third-order valence-electron chi connectivity index (χ3n) is 1.76. The Bertz CT molecular complexity index is 431. The molecule has 0 saturated carbocycles. The molecule has 1 aromatic rings. The van der Waals surface area contributed by atoms with E-state index >= 15 is 0 Å². The van der Waals surface area contributed by atoms with E-state index in [1.54, 1.807) is 36.7 Å². The summed E-state index contributed by atoms with van der Waals surface area (Å²) >= 11 is 1.29. The number of nitrogens with zero attached hydrogens (tertiary/aromatic N) is 2. The fourth-order valence-corrected chi connectivity index (χ4v) is 1.39. The molecule has 7 heteroatoms. The molecule has 0 aliphatic carbocycles. The molecule has 82 valence electrons. The van der Waals surface area contributed by atoms with Gasteiger partial charge in [0.1, 0.15) is 0 Å². The first-order chi connectivity index (χ1) is 7.67. The molecule has 16 heavy (non-hydrogen) atoms. The third-order valence-corrected chi connectivity index (χ3v) is 2.34. The lowest BCUT2D eigenvalue weighted by Gasteiger charge is -2.02. The van der Waals surface area contributed by atoms with E-state index in [0.29, 0.717) is 16.3 Å². The van der Waals surface area contributed by atoms with Gasteiger partial charge in [-0.3, -0.25) is 5.32 Å². The summed E-state index contributed by atoms with van der Waals surface area (Å²) < 4.78 is 0. The van der Waals surface area contributed by atoms with E-state index in [4.69, 9.17) is 15.3 Å². The fraction of sp³-hybridized carbons (Fsp3) is 0.111. The van der Waals surface area contributed by atoms with Gasteiger partial charge in [-0.25, -0.2) is 4.99 Å². The Labute approximate surface area is 98.0 Å². The van der Waals surface area contributed by atoms with Crippen LogP contribution in [0.3, 0.4) is 0 Å². The second-order valence-electron chi connectivity index (χ2n) is 2.83. The quantitative estimate of drug-likeness (QED) is 0.217. The van der Waals surface area contributed by atoms with Gasteiger partial charge in [-0.15, -0.1) is 0 Å². The highest BCUT2D eigenvalue weighted by Gasteiger charge is 2.10. The highest BCUT2D eigenvalue weighted by molar-refractivity contribution is 8.13. The van der Waals surface area contributed by atoms with E-state index in [1.807, 2.05) is 0 Å². The maximum Gasteiger partial charge on any atom is 0.488 e. The number of nitriles is 1. The molecular weight excluding hydrogens is 225 g/mol. The summed E-state index contributed by atoms with van der Waals surface area (Å²) in [7, 11) is -1.52. The normalized spacial score (nSPS) is 10.8. The number of rotatable bonds is 2. The van der Waals surface area contributed by atoms with Crippen molar-refractivity contribution < 1.29 is 10.0 Å². The molecule has 0 heterocycles. The van der Waals surface area contributed by atoms with Crippen LogP contribution in [0.4, 0.5) is 5.69 Å². The molecule has 1 aromatic carbocycles. The average Bonchev–Trinajstić information content (AvgIpc) is 2.29. The largest absolute Gasteiger partial charge is 0.488 e. The summed E-state index contributed by atoms with van der Waals surface area (Å²) in [4.78, 5) is 4.13. The van der Waals surface area contributed by atoms with Crippen molar-refractivity contribution in [3.05, 3.63) is 24.3 Å². The predicted octanol–water partition coefficient (Wildman–Crippen LogP) is -0.212. The number of hydrogen-bond donors (Lipinski definition) is 3. The maximum atomic E-state index is 8.98. The van der Waals surface area contributed by atoms with E-state index < -0.39 is 7.12 Å². The van der Waals surface area contributed by atoms with Crippen molar-refractivity contribution in [1.29, 1.82) is 5.26 Å². The van der Waals surface area contributed by atoms with Crippen LogP contribution < -0.4 is 10.8 Å². The van der Waals surface area contributed by atoms with Gasteiger partial charge in [0.25, 0.3) is 0 Å². The predicted molar refractivity (Wildman–Crippen MR) is 65.6 cm³/mol. The van der Waals surface area contributed by atoms with Crippen LogP contribution in [0.25, 0.3) is 0 Å². The monoisotopic (exact) mass is 235 g/mol. The second kappa shape index (κ2) is 6.17. The molecular formula is C9H10BN3O2S. The minimum absolute atomic E-state index is 0.360. The smallest absolute Gasteiger partial charge is 0.423 e. The van der Waals surface area contributed by atoms with Gasteiger partial charge in [0.2, 0.25) is 0 Å². The van der Waals surface area contributed by atoms with Gasteiger partial charge in [-0.2, -0.15) is 5.26 Å². The van der Waals surface area contributed by atoms with E-state index in [1.165, 1.54) is 11.8 Å². The zero-order valence-electron chi connectivity index (χ0n) is 8.58. The first-order valence-corrected chi connectivity index (χ1v) is 5.63. The lowest BCUT2D eigenvalue weighted by Crippen LogP contribution is -2.29. The molecule has 0 aliphatic heterocycles. The number of hydrogen-bond acceptors (Lipinski definition) is 5. The summed E-state index contributed by atoms with van der Waals surface area (Å²) in [5.41, 5.74) is 0.913. The Morgan fingerprint density at radius 1 is 1.56 bits per heavy atom. The molecule has 0 bridgehead atoms. The zero-order valence-corrected chi connectivity index (χ0v) is 9.40. The zero-order chi connectivity index (χ0) is 12.0. The molecule has 0 radical (unpaired) electrons. The van der Waals surface area contributed by atoms with Crippen molar-refractivity contribution in [2.45, 2.75) is 0 Å². The molecule has 0 aromatic heterocycles. The van der Waals surface area contributed by atoms with Crippen molar-refractivity contribution in [1.82, 2.24) is 5.32 Å². The van der Waals surface area contributed by atoms with E-state index in [0.717, 1.165) is 0 Å². The molecule has 0 amide bonds. The molecule has 3 N–H and O–H groups in total. The van der Waals surface area contributed by atoms with Crippen molar-refractivity contribution in [3.8, 4) is 6.19 Å². The Hall–Kier alpha value is -1.49. The highest BCUT2D eigenvalue weighted by atomic mass is 32.2. The van der Waals surface area contributed by atoms with Gasteiger partial charge in [0.15, 0.2) is 11.4 Å². The van der Waals surface area contributed by atoms with Gasteiger partial charge >= 0.3 is 7.12 Å². The van der Waals surface area contributed by atoms with Crippen molar-refractivity contribution in [3.63, 3.8) is 0 Å². The molecule has 0 fully saturated rings. The van der Waals surface area contributed by atoms with Gasteiger partial charge in [-0.1, -0.05) is 23.9 Å². The van der Waals surface area contributed by atoms with Crippen LogP contribution in [-0.4, -0.2) is 28.6 Å². The molecule has 1 rings (SSSR count). The highest BCUT2D eigenvalue weighted by Crippen LogP contribution is 2.11. The van der Waals surface area contributed by atoms with E-state index in [-0.39, 0.29) is 0 Å². The van der Waals surface area contributed by atoms with E-state index in [2.05, 4.69) is 10.3 Å². The topological polar surface area (TPSA) is 88.6 Å². The molecule has 0 unspecified atom stereocenters. The van der Waals surface area contributed by atoms with Gasteiger partial charge in [-0.05, 0) is 23.9 Å². The molecule has 0 aliphatic rings. The SMILES string of the molecule is CSC(=Nc1cccc(B(O)O)c1)NC#N. The van der Waals surface area contributed by atoms with Gasteiger partial charge in [0.05, 0.1) is 5.69 Å². The first kappa shape index (κ1) is 12.6. The lowest BCUT2D eigenvalue weighted by atomic mass is 9.80. The van der Waals surface area contributed by atoms with Crippen LogP contribution in [0.15, 0.2) is 29.3 Å². The Morgan fingerprint density at radius 2 is 2.31 bits per heavy atom. The number of nitrogens with one attached hydrogen (secondary N) is 1. The van der Waals surface area contributed by atoms with Crippen molar-refractivity contribution in [2.24, 2.45) is 4.99 Å². The molecule has 0 atom stereocenters. The lowest BCUT2D eigenvalue weighted by molar-refractivity contribution is 0.426. The maximum absolute atomic E-state index is 8.98. The summed E-state index contributed by atoms with van der Waals surface area (Å²) in [5.74, 6) is 0. The number of aliphatic imine (C=N–C) groups is 1. The summed E-state index contributed by atoms with van der Waals surface area (Å²) in [6.45, 7) is 0.